The smallest absolute Gasteiger partial charge is 0.204 e. The largest absolute Gasteiger partial charge is 0.292 e. The minimum Gasteiger partial charge on any atom is -0.292 e. The van der Waals surface area contributed by atoms with Crippen molar-refractivity contribution in [2.45, 2.75) is 30.2 Å². The average molecular weight is 341 g/mol. The first-order valence-corrected chi connectivity index (χ1v) is 9.87. The van der Waals surface area contributed by atoms with Gasteiger partial charge in [0.05, 0.1) is 15.8 Å². The third-order valence-electron chi connectivity index (χ3n) is 4.57. The van der Waals surface area contributed by atoms with Crippen LogP contribution in [0.15, 0.2) is 77.0 Å². The Morgan fingerprint density at radius 3 is 2.00 bits per heavy atom. The second-order valence-electron chi connectivity index (χ2n) is 6.19. The molecule has 4 heteroatoms. The van der Waals surface area contributed by atoms with Crippen LogP contribution in [-0.2, 0) is 9.84 Å². The highest BCUT2D eigenvalue weighted by atomic mass is 32.2. The van der Waals surface area contributed by atoms with Crippen LogP contribution in [0.4, 0.5) is 0 Å². The summed E-state index contributed by atoms with van der Waals surface area (Å²) in [5.74, 6) is 0. The lowest BCUT2D eigenvalue weighted by Gasteiger charge is -2.35. The van der Waals surface area contributed by atoms with Crippen molar-refractivity contribution in [2.24, 2.45) is 0 Å². The Kier molecular flexibility index (Phi) is 5.17. The highest BCUT2D eigenvalue weighted by Gasteiger charge is 2.32. The van der Waals surface area contributed by atoms with E-state index in [1.165, 1.54) is 6.42 Å². The molecule has 2 aromatic rings. The van der Waals surface area contributed by atoms with Crippen molar-refractivity contribution in [3.63, 3.8) is 0 Å². The fourth-order valence-corrected chi connectivity index (χ4v) is 4.71. The molecule has 1 aliphatic heterocycles. The zero-order chi connectivity index (χ0) is 17.0. The molecule has 1 saturated heterocycles. The van der Waals surface area contributed by atoms with Gasteiger partial charge in [-0.15, -0.1) is 0 Å². The Bertz CT molecular complexity index is 779. The van der Waals surface area contributed by atoms with E-state index in [4.69, 9.17) is 0 Å². The molecule has 2 aromatic carbocycles. The van der Waals surface area contributed by atoms with Crippen molar-refractivity contribution < 1.29 is 8.42 Å². The van der Waals surface area contributed by atoms with Gasteiger partial charge in [-0.3, -0.25) is 4.90 Å². The van der Waals surface area contributed by atoms with Gasteiger partial charge >= 0.3 is 0 Å². The second kappa shape index (κ2) is 7.32. The molecule has 0 spiro atoms. The van der Waals surface area contributed by atoms with Gasteiger partial charge in [-0.1, -0.05) is 61.5 Å². The number of benzene rings is 2. The van der Waals surface area contributed by atoms with Crippen LogP contribution in [-0.4, -0.2) is 26.4 Å². The van der Waals surface area contributed by atoms with E-state index in [9.17, 15) is 8.42 Å². The molecule has 1 fully saturated rings. The van der Waals surface area contributed by atoms with Crippen LogP contribution in [0.3, 0.4) is 0 Å². The highest BCUT2D eigenvalue weighted by molar-refractivity contribution is 7.95. The van der Waals surface area contributed by atoms with Crippen LogP contribution in [0.1, 0.15) is 30.9 Å². The van der Waals surface area contributed by atoms with Crippen LogP contribution in [0.5, 0.6) is 0 Å². The highest BCUT2D eigenvalue weighted by Crippen LogP contribution is 2.35. The number of nitrogens with zero attached hydrogens (tertiary/aromatic N) is 1. The van der Waals surface area contributed by atoms with Crippen molar-refractivity contribution in [1.29, 1.82) is 0 Å². The van der Waals surface area contributed by atoms with Crippen molar-refractivity contribution in [3.8, 4) is 0 Å². The first kappa shape index (κ1) is 16.9. The van der Waals surface area contributed by atoms with E-state index in [0.717, 1.165) is 31.5 Å². The molecule has 126 valence electrons. The molecule has 0 amide bonds. The number of hydrogen-bond donors (Lipinski definition) is 0. The molecule has 1 aliphatic rings. The number of likely N-dealkylation sites (tertiary alicyclic amines) is 1. The summed E-state index contributed by atoms with van der Waals surface area (Å²) in [7, 11) is -3.57. The molecule has 0 aliphatic carbocycles. The summed E-state index contributed by atoms with van der Waals surface area (Å²) in [6.07, 6.45) is 3.40. The fraction of sp³-hybridized carbons (Fsp3) is 0.300. The maximum absolute atomic E-state index is 13.1. The summed E-state index contributed by atoms with van der Waals surface area (Å²) >= 11 is 0. The summed E-state index contributed by atoms with van der Waals surface area (Å²) in [6, 6.07) is 18.1. The van der Waals surface area contributed by atoms with Crippen LogP contribution >= 0.6 is 0 Å². The van der Waals surface area contributed by atoms with Crippen molar-refractivity contribution in [3.05, 3.63) is 77.7 Å². The topological polar surface area (TPSA) is 37.4 Å². The number of rotatable bonds is 5. The van der Waals surface area contributed by atoms with Crippen molar-refractivity contribution in [1.82, 2.24) is 4.90 Å². The molecule has 1 heterocycles. The van der Waals surface area contributed by atoms with E-state index in [0.29, 0.717) is 4.90 Å². The van der Waals surface area contributed by atoms with Gasteiger partial charge in [0.15, 0.2) is 0 Å². The fourth-order valence-electron chi connectivity index (χ4n) is 3.31. The quantitative estimate of drug-likeness (QED) is 0.818. The Morgan fingerprint density at radius 1 is 0.875 bits per heavy atom. The van der Waals surface area contributed by atoms with Gasteiger partial charge < -0.3 is 0 Å². The van der Waals surface area contributed by atoms with Gasteiger partial charge in [0.1, 0.15) is 0 Å². The van der Waals surface area contributed by atoms with E-state index in [-0.39, 0.29) is 10.9 Å². The molecule has 1 atom stereocenters. The maximum Gasteiger partial charge on any atom is 0.204 e. The Balaban J connectivity index is 2.00. The van der Waals surface area contributed by atoms with Gasteiger partial charge in [-0.25, -0.2) is 8.42 Å². The number of piperidine rings is 1. The normalized spacial score (nSPS) is 17.3. The van der Waals surface area contributed by atoms with E-state index in [1.807, 2.05) is 36.4 Å². The van der Waals surface area contributed by atoms with Crippen molar-refractivity contribution >= 4 is 9.84 Å². The molecular weight excluding hydrogens is 318 g/mol. The predicted octanol–water partition coefficient (Wildman–Crippen LogP) is 4.20. The molecule has 0 bridgehead atoms. The Morgan fingerprint density at radius 2 is 1.42 bits per heavy atom. The van der Waals surface area contributed by atoms with E-state index < -0.39 is 9.84 Å². The minimum absolute atomic E-state index is 0.266. The molecule has 0 saturated carbocycles. The summed E-state index contributed by atoms with van der Waals surface area (Å²) in [5.41, 5.74) is 0.990. The lowest BCUT2D eigenvalue weighted by atomic mass is 10.0. The first-order valence-electron chi connectivity index (χ1n) is 8.38. The van der Waals surface area contributed by atoms with E-state index in [1.54, 1.807) is 24.3 Å². The zero-order valence-corrected chi connectivity index (χ0v) is 14.6. The van der Waals surface area contributed by atoms with E-state index >= 15 is 0 Å². The number of hydrogen-bond acceptors (Lipinski definition) is 3. The molecule has 0 aromatic heterocycles. The SMILES string of the molecule is C=C(C(c1ccccc1)N1CCCCC1)S(=O)(=O)c1ccccc1. The number of sulfone groups is 1. The predicted molar refractivity (Wildman–Crippen MR) is 97.4 cm³/mol. The third kappa shape index (κ3) is 3.45. The molecule has 0 radical (unpaired) electrons. The van der Waals surface area contributed by atoms with E-state index in [2.05, 4.69) is 11.5 Å². The van der Waals surface area contributed by atoms with Crippen LogP contribution < -0.4 is 0 Å². The molecule has 0 N–H and O–H groups in total. The molecule has 3 rings (SSSR count). The Hall–Kier alpha value is -1.91. The molecule has 24 heavy (non-hydrogen) atoms. The van der Waals surface area contributed by atoms with Crippen molar-refractivity contribution in [2.75, 3.05) is 13.1 Å². The summed E-state index contributed by atoms with van der Waals surface area (Å²) in [4.78, 5) is 2.83. The maximum atomic E-state index is 13.1. The zero-order valence-electron chi connectivity index (χ0n) is 13.8. The minimum atomic E-state index is -3.57. The van der Waals surface area contributed by atoms with Gasteiger partial charge in [0, 0.05) is 0 Å². The van der Waals surface area contributed by atoms with Crippen LogP contribution in [0, 0.1) is 0 Å². The standard InChI is InChI=1S/C20H23NO2S/c1-17(24(22,23)19-13-7-3-8-14-19)20(18-11-5-2-6-12-18)21-15-9-4-10-16-21/h2-3,5-8,11-14,20H,1,4,9-10,15-16H2. The van der Waals surface area contributed by atoms with Gasteiger partial charge in [0.2, 0.25) is 9.84 Å². The molecule has 3 nitrogen and oxygen atoms in total. The second-order valence-corrected chi connectivity index (χ2v) is 8.20. The first-order chi connectivity index (χ1) is 11.6. The molecular formula is C20H23NO2S. The van der Waals surface area contributed by atoms with Crippen LogP contribution in [0.25, 0.3) is 0 Å². The van der Waals surface area contributed by atoms with Crippen LogP contribution in [0.2, 0.25) is 0 Å². The monoisotopic (exact) mass is 341 g/mol. The lowest BCUT2D eigenvalue weighted by molar-refractivity contribution is 0.189. The summed E-state index contributed by atoms with van der Waals surface area (Å²) < 4.78 is 26.1. The van der Waals surface area contributed by atoms with Gasteiger partial charge in [-0.05, 0) is 43.6 Å². The van der Waals surface area contributed by atoms with Gasteiger partial charge in [-0.2, -0.15) is 0 Å². The third-order valence-corrected chi connectivity index (χ3v) is 6.38. The van der Waals surface area contributed by atoms with Gasteiger partial charge in [0.25, 0.3) is 0 Å². The molecule has 1 unspecified atom stereocenters. The average Bonchev–Trinajstić information content (AvgIpc) is 2.64. The Labute approximate surface area is 144 Å². The summed E-state index contributed by atoms with van der Waals surface area (Å²) in [6.45, 7) is 5.84. The summed E-state index contributed by atoms with van der Waals surface area (Å²) in [5, 5.41) is 0. The lowest BCUT2D eigenvalue weighted by Crippen LogP contribution is -2.36.